The summed E-state index contributed by atoms with van der Waals surface area (Å²) < 4.78 is 14.2. The van der Waals surface area contributed by atoms with E-state index in [0.29, 0.717) is 0 Å². The van der Waals surface area contributed by atoms with Gasteiger partial charge in [0.05, 0.1) is 16.8 Å². The monoisotopic (exact) mass is 423 g/mol. The van der Waals surface area contributed by atoms with Crippen LogP contribution in [0.15, 0.2) is 84.9 Å². The molecule has 1 unspecified atom stereocenters. The van der Waals surface area contributed by atoms with E-state index in [9.17, 15) is 4.79 Å². The van der Waals surface area contributed by atoms with Crippen molar-refractivity contribution in [3.05, 3.63) is 102 Å². The Bertz CT molecular complexity index is 1370. The second kappa shape index (κ2) is 7.41. The predicted molar refractivity (Wildman–Crippen MR) is 127 cm³/mol. The summed E-state index contributed by atoms with van der Waals surface area (Å²) in [5, 5.41) is 1.13. The van der Waals surface area contributed by atoms with Gasteiger partial charge in [-0.3, -0.25) is 4.57 Å². The highest BCUT2D eigenvalue weighted by Gasteiger charge is 2.43. The van der Waals surface area contributed by atoms with Crippen molar-refractivity contribution in [1.82, 2.24) is 4.57 Å². The van der Waals surface area contributed by atoms with Crippen LogP contribution in [0.2, 0.25) is 0 Å². The largest absolute Gasteiger partial charge is 0.463 e. The van der Waals surface area contributed by atoms with Crippen LogP contribution in [0.1, 0.15) is 23.6 Å². The molecule has 2 heterocycles. The first-order chi connectivity index (χ1) is 15.4. The van der Waals surface area contributed by atoms with Crippen LogP contribution in [0.3, 0.4) is 0 Å². The topological polar surface area (TPSA) is 40.5 Å². The first-order valence-electron chi connectivity index (χ1n) is 10.7. The van der Waals surface area contributed by atoms with E-state index in [-0.39, 0.29) is 12.2 Å². The van der Waals surface area contributed by atoms with Gasteiger partial charge in [-0.25, -0.2) is 4.79 Å². The van der Waals surface area contributed by atoms with Crippen LogP contribution >= 0.6 is 0 Å². The zero-order valence-electron chi connectivity index (χ0n) is 18.5. The van der Waals surface area contributed by atoms with Crippen molar-refractivity contribution >= 4 is 16.9 Å². The molecule has 0 radical (unpaired) electrons. The van der Waals surface area contributed by atoms with Crippen molar-refractivity contribution in [2.75, 3.05) is 0 Å². The Kier molecular flexibility index (Phi) is 4.66. The molecule has 1 aliphatic heterocycles. The highest BCUT2D eigenvalue weighted by molar-refractivity contribution is 5.95. The van der Waals surface area contributed by atoms with Crippen molar-refractivity contribution < 1.29 is 14.3 Å². The molecule has 1 aliphatic rings. The van der Waals surface area contributed by atoms with Crippen molar-refractivity contribution in [1.29, 1.82) is 0 Å². The number of rotatable bonds is 4. The van der Waals surface area contributed by atoms with Crippen LogP contribution in [0.5, 0.6) is 5.75 Å². The molecule has 0 N–H and O–H groups in total. The number of ether oxygens (including phenoxy) is 2. The first-order valence-corrected chi connectivity index (χ1v) is 10.7. The summed E-state index contributed by atoms with van der Waals surface area (Å²) in [6.45, 7) is 10.4. The molecule has 0 fully saturated rings. The Morgan fingerprint density at radius 3 is 2.53 bits per heavy atom. The number of carbonyl (C=O) groups is 1. The van der Waals surface area contributed by atoms with Crippen LogP contribution in [0.25, 0.3) is 22.2 Å². The lowest BCUT2D eigenvalue weighted by atomic mass is 10.0. The molecule has 160 valence electrons. The van der Waals surface area contributed by atoms with Crippen LogP contribution in [0.4, 0.5) is 0 Å². The second-order valence-electron chi connectivity index (χ2n) is 8.50. The first kappa shape index (κ1) is 20.1. The number of benzene rings is 3. The fraction of sp³-hybridized carbons (Fsp3) is 0.179. The normalized spacial score (nSPS) is 16.7. The summed E-state index contributed by atoms with van der Waals surface area (Å²) in [6, 6.07) is 24.0. The van der Waals surface area contributed by atoms with E-state index < -0.39 is 11.7 Å². The minimum Gasteiger partial charge on any atom is -0.463 e. The maximum atomic E-state index is 13.1. The number of esters is 1. The van der Waals surface area contributed by atoms with Gasteiger partial charge in [0, 0.05) is 17.9 Å². The van der Waals surface area contributed by atoms with Gasteiger partial charge in [0.25, 0.3) is 0 Å². The number of hydrogen-bond donors (Lipinski definition) is 0. The van der Waals surface area contributed by atoms with E-state index in [4.69, 9.17) is 9.47 Å². The second-order valence-corrected chi connectivity index (χ2v) is 8.50. The summed E-state index contributed by atoms with van der Waals surface area (Å²) in [5.41, 5.74) is 5.37. The summed E-state index contributed by atoms with van der Waals surface area (Å²) in [7, 11) is 0. The zero-order valence-corrected chi connectivity index (χ0v) is 18.5. The van der Waals surface area contributed by atoms with E-state index in [1.807, 2.05) is 61.5 Å². The maximum absolute atomic E-state index is 13.1. The Balaban J connectivity index is 1.61. The van der Waals surface area contributed by atoms with E-state index in [1.54, 1.807) is 0 Å². The summed E-state index contributed by atoms with van der Waals surface area (Å²) in [6.07, 6.45) is 0. The number of aryl methyl sites for hydroxylation is 2. The summed E-state index contributed by atoms with van der Waals surface area (Å²) >= 11 is 0. The third kappa shape index (κ3) is 3.11. The predicted octanol–water partition coefficient (Wildman–Crippen LogP) is 6.29. The van der Waals surface area contributed by atoms with Gasteiger partial charge in [-0.05, 0) is 54.8 Å². The molecule has 4 nitrogen and oxygen atoms in total. The number of aromatic nitrogens is 1. The Morgan fingerprint density at radius 2 is 1.75 bits per heavy atom. The van der Waals surface area contributed by atoms with Gasteiger partial charge in [0.2, 0.25) is 5.72 Å². The number of hydrogen-bond acceptors (Lipinski definition) is 3. The van der Waals surface area contributed by atoms with Gasteiger partial charge in [-0.2, -0.15) is 0 Å². The third-order valence-corrected chi connectivity index (χ3v) is 6.19. The van der Waals surface area contributed by atoms with E-state index in [0.717, 1.165) is 39.0 Å². The van der Waals surface area contributed by atoms with E-state index >= 15 is 0 Å². The SMILES string of the molecule is C=C(C(=O)OCc1ccccc1)C1(C)Oc2ccccc2-c2cc3c(C)cc(C)cc3n21. The molecule has 3 aromatic carbocycles. The number of nitrogens with zero attached hydrogens (tertiary/aromatic N) is 1. The molecule has 5 rings (SSSR count). The average molecular weight is 424 g/mol. The molecule has 32 heavy (non-hydrogen) atoms. The minimum absolute atomic E-state index is 0.183. The van der Waals surface area contributed by atoms with Gasteiger partial charge in [-0.1, -0.05) is 55.1 Å². The molecule has 4 heteroatoms. The molecule has 0 aliphatic carbocycles. The molecular weight excluding hydrogens is 398 g/mol. The molecule has 0 saturated carbocycles. The van der Waals surface area contributed by atoms with Gasteiger partial charge >= 0.3 is 5.97 Å². The molecule has 1 aromatic heterocycles. The Morgan fingerprint density at radius 1 is 1.03 bits per heavy atom. The average Bonchev–Trinajstić information content (AvgIpc) is 3.19. The number of fused-ring (bicyclic) bond motifs is 5. The van der Waals surface area contributed by atoms with Gasteiger partial charge in [-0.15, -0.1) is 0 Å². The summed E-state index contributed by atoms with van der Waals surface area (Å²) in [5.74, 6) is 0.240. The minimum atomic E-state index is -1.13. The van der Waals surface area contributed by atoms with E-state index in [1.165, 1.54) is 5.56 Å². The highest BCUT2D eigenvalue weighted by Crippen LogP contribution is 2.47. The van der Waals surface area contributed by atoms with Crippen molar-refractivity contribution in [3.63, 3.8) is 0 Å². The summed E-state index contributed by atoms with van der Waals surface area (Å²) in [4.78, 5) is 13.1. The fourth-order valence-corrected chi connectivity index (χ4v) is 4.54. The van der Waals surface area contributed by atoms with Crippen LogP contribution in [-0.4, -0.2) is 10.5 Å². The molecule has 0 saturated heterocycles. The lowest BCUT2D eigenvalue weighted by molar-refractivity contribution is -0.143. The zero-order chi connectivity index (χ0) is 22.5. The van der Waals surface area contributed by atoms with Gasteiger partial charge in [0.15, 0.2) is 0 Å². The van der Waals surface area contributed by atoms with Crippen LogP contribution < -0.4 is 4.74 Å². The van der Waals surface area contributed by atoms with E-state index in [2.05, 4.69) is 43.2 Å². The number of carbonyl (C=O) groups excluding carboxylic acids is 1. The molecule has 4 aromatic rings. The Hall–Kier alpha value is -3.79. The molecular formula is C28H25NO3. The lowest BCUT2D eigenvalue weighted by Gasteiger charge is -2.39. The fourth-order valence-electron chi connectivity index (χ4n) is 4.54. The lowest BCUT2D eigenvalue weighted by Crippen LogP contribution is -2.43. The highest BCUT2D eigenvalue weighted by atomic mass is 16.5. The third-order valence-electron chi connectivity index (χ3n) is 6.19. The van der Waals surface area contributed by atoms with Crippen LogP contribution in [-0.2, 0) is 21.9 Å². The van der Waals surface area contributed by atoms with Gasteiger partial charge < -0.3 is 9.47 Å². The number of para-hydroxylation sites is 1. The van der Waals surface area contributed by atoms with Crippen molar-refractivity contribution in [2.45, 2.75) is 33.1 Å². The Labute approximate surface area is 187 Å². The maximum Gasteiger partial charge on any atom is 0.339 e. The van der Waals surface area contributed by atoms with Crippen molar-refractivity contribution in [2.24, 2.45) is 0 Å². The molecule has 0 bridgehead atoms. The molecule has 1 atom stereocenters. The molecule has 0 spiro atoms. The van der Waals surface area contributed by atoms with Crippen molar-refractivity contribution in [3.8, 4) is 17.0 Å². The standard InChI is InChI=1S/C28H25NO3/c1-18-14-19(2)23-16-25-22-12-8-9-13-26(22)32-28(4,29(25)24(23)15-18)20(3)27(30)31-17-21-10-6-5-7-11-21/h5-16H,3,17H2,1-2,4H3. The van der Waals surface area contributed by atoms with Gasteiger partial charge in [0.1, 0.15) is 12.4 Å². The molecule has 0 amide bonds. The smallest absolute Gasteiger partial charge is 0.339 e. The van der Waals surface area contributed by atoms with Crippen LogP contribution in [0, 0.1) is 13.8 Å². The quantitative estimate of drug-likeness (QED) is 0.286.